The van der Waals surface area contributed by atoms with E-state index in [2.05, 4.69) is 39.6 Å². The standard InChI is InChI=1S/C13H16BrN3/c1-10-8-16-7-6-13(10,9-15)17-12-5-3-2-4-11(12)14/h2-5,10,16-17H,6-8H2,1H3. The molecular formula is C13H16BrN3. The summed E-state index contributed by atoms with van der Waals surface area (Å²) in [6.07, 6.45) is 0.825. The van der Waals surface area contributed by atoms with Crippen LogP contribution in [0.15, 0.2) is 28.7 Å². The lowest BCUT2D eigenvalue weighted by atomic mass is 9.80. The van der Waals surface area contributed by atoms with E-state index in [4.69, 9.17) is 0 Å². The smallest absolute Gasteiger partial charge is 0.130 e. The molecule has 1 saturated heterocycles. The molecule has 0 aromatic heterocycles. The highest BCUT2D eigenvalue weighted by molar-refractivity contribution is 9.10. The van der Waals surface area contributed by atoms with Crippen LogP contribution >= 0.6 is 15.9 Å². The maximum atomic E-state index is 9.51. The van der Waals surface area contributed by atoms with Crippen molar-refractivity contribution < 1.29 is 0 Å². The van der Waals surface area contributed by atoms with Crippen molar-refractivity contribution in [3.8, 4) is 6.07 Å². The van der Waals surface area contributed by atoms with Gasteiger partial charge in [0, 0.05) is 22.6 Å². The lowest BCUT2D eigenvalue weighted by Gasteiger charge is -2.39. The Morgan fingerprint density at radius 3 is 2.94 bits per heavy atom. The number of piperidine rings is 1. The summed E-state index contributed by atoms with van der Waals surface area (Å²) >= 11 is 3.51. The van der Waals surface area contributed by atoms with Gasteiger partial charge in [0.15, 0.2) is 0 Å². The van der Waals surface area contributed by atoms with Crippen LogP contribution in [0.1, 0.15) is 13.3 Å². The van der Waals surface area contributed by atoms with Crippen LogP contribution in [0.5, 0.6) is 0 Å². The summed E-state index contributed by atoms with van der Waals surface area (Å²) in [6, 6.07) is 10.4. The highest BCUT2D eigenvalue weighted by atomic mass is 79.9. The van der Waals surface area contributed by atoms with Crippen LogP contribution in [0, 0.1) is 17.2 Å². The first-order valence-corrected chi connectivity index (χ1v) is 6.62. The third kappa shape index (κ3) is 2.46. The van der Waals surface area contributed by atoms with Crippen LogP contribution < -0.4 is 10.6 Å². The number of para-hydroxylation sites is 1. The van der Waals surface area contributed by atoms with E-state index in [-0.39, 0.29) is 5.92 Å². The molecular weight excluding hydrogens is 278 g/mol. The minimum Gasteiger partial charge on any atom is -0.366 e. The van der Waals surface area contributed by atoms with Crippen LogP contribution in [-0.4, -0.2) is 18.6 Å². The highest BCUT2D eigenvalue weighted by Crippen LogP contribution is 2.31. The maximum absolute atomic E-state index is 9.51. The molecule has 17 heavy (non-hydrogen) atoms. The Bertz CT molecular complexity index is 441. The first-order valence-electron chi connectivity index (χ1n) is 5.82. The van der Waals surface area contributed by atoms with E-state index in [0.717, 1.165) is 29.7 Å². The van der Waals surface area contributed by atoms with Crippen molar-refractivity contribution in [2.75, 3.05) is 18.4 Å². The molecule has 1 aliphatic rings. The lowest BCUT2D eigenvalue weighted by Crippen LogP contribution is -2.53. The fraction of sp³-hybridized carbons (Fsp3) is 0.462. The van der Waals surface area contributed by atoms with Crippen molar-refractivity contribution in [1.29, 1.82) is 5.26 Å². The number of benzene rings is 1. The maximum Gasteiger partial charge on any atom is 0.130 e. The molecule has 0 aliphatic carbocycles. The highest BCUT2D eigenvalue weighted by Gasteiger charge is 2.38. The van der Waals surface area contributed by atoms with E-state index in [0.29, 0.717) is 0 Å². The molecule has 0 saturated carbocycles. The number of anilines is 1. The minimum atomic E-state index is -0.463. The molecule has 3 nitrogen and oxygen atoms in total. The van der Waals surface area contributed by atoms with Crippen molar-refractivity contribution in [1.82, 2.24) is 5.32 Å². The second kappa shape index (κ2) is 5.07. The van der Waals surface area contributed by atoms with E-state index >= 15 is 0 Å². The molecule has 2 N–H and O–H groups in total. The van der Waals surface area contributed by atoms with Crippen molar-refractivity contribution in [3.05, 3.63) is 28.7 Å². The van der Waals surface area contributed by atoms with Crippen molar-refractivity contribution in [3.63, 3.8) is 0 Å². The molecule has 1 heterocycles. The minimum absolute atomic E-state index is 0.286. The van der Waals surface area contributed by atoms with E-state index < -0.39 is 5.54 Å². The second-order valence-corrected chi connectivity index (χ2v) is 5.40. The summed E-state index contributed by atoms with van der Waals surface area (Å²) < 4.78 is 1.00. The Kier molecular flexibility index (Phi) is 3.70. The summed E-state index contributed by atoms with van der Waals surface area (Å²) in [7, 11) is 0. The first-order chi connectivity index (χ1) is 8.18. The molecule has 90 valence electrons. The van der Waals surface area contributed by atoms with Crippen molar-refractivity contribution >= 4 is 21.6 Å². The zero-order valence-corrected chi connectivity index (χ0v) is 11.4. The fourth-order valence-corrected chi connectivity index (χ4v) is 2.59. The molecule has 0 amide bonds. The zero-order valence-electron chi connectivity index (χ0n) is 9.83. The van der Waals surface area contributed by atoms with Gasteiger partial charge in [0.25, 0.3) is 0 Å². The number of nitrogens with one attached hydrogen (secondary N) is 2. The average Bonchev–Trinajstić information content (AvgIpc) is 2.35. The molecule has 2 atom stereocenters. The summed E-state index contributed by atoms with van der Waals surface area (Å²) in [5, 5.41) is 16.2. The van der Waals surface area contributed by atoms with E-state index in [1.54, 1.807) is 0 Å². The van der Waals surface area contributed by atoms with Crippen LogP contribution in [0.25, 0.3) is 0 Å². The summed E-state index contributed by atoms with van der Waals surface area (Å²) in [5.41, 5.74) is 0.526. The molecule has 1 aliphatic heterocycles. The Labute approximate surface area is 110 Å². The van der Waals surface area contributed by atoms with E-state index in [1.165, 1.54) is 0 Å². The molecule has 4 heteroatoms. The van der Waals surface area contributed by atoms with Crippen molar-refractivity contribution in [2.24, 2.45) is 5.92 Å². The second-order valence-electron chi connectivity index (χ2n) is 4.54. The quantitative estimate of drug-likeness (QED) is 0.881. The SMILES string of the molecule is CC1CNCCC1(C#N)Nc1ccccc1Br. The first kappa shape index (κ1) is 12.4. The van der Waals surface area contributed by atoms with Gasteiger partial charge in [0.1, 0.15) is 5.54 Å². The van der Waals surface area contributed by atoms with Gasteiger partial charge >= 0.3 is 0 Å². The van der Waals surface area contributed by atoms with E-state index in [1.807, 2.05) is 24.3 Å². The van der Waals surface area contributed by atoms with Gasteiger partial charge in [0.2, 0.25) is 0 Å². The van der Waals surface area contributed by atoms with Crippen LogP contribution in [0.3, 0.4) is 0 Å². The Morgan fingerprint density at radius 1 is 1.53 bits per heavy atom. The monoisotopic (exact) mass is 293 g/mol. The van der Waals surface area contributed by atoms with Gasteiger partial charge in [-0.2, -0.15) is 5.26 Å². The summed E-state index contributed by atoms with van der Waals surface area (Å²) in [4.78, 5) is 0. The van der Waals surface area contributed by atoms with Gasteiger partial charge in [-0.15, -0.1) is 0 Å². The predicted octanol–water partition coefficient (Wildman–Crippen LogP) is 2.75. The van der Waals surface area contributed by atoms with Crippen LogP contribution in [0.4, 0.5) is 5.69 Å². The number of hydrogen-bond acceptors (Lipinski definition) is 3. The molecule has 1 aromatic carbocycles. The molecule has 2 unspecified atom stereocenters. The Morgan fingerprint density at radius 2 is 2.29 bits per heavy atom. The van der Waals surface area contributed by atoms with Gasteiger partial charge in [-0.25, -0.2) is 0 Å². The van der Waals surface area contributed by atoms with Gasteiger partial charge in [-0.1, -0.05) is 19.1 Å². The van der Waals surface area contributed by atoms with Gasteiger partial charge in [-0.3, -0.25) is 0 Å². The Hall–Kier alpha value is -1.05. The topological polar surface area (TPSA) is 47.9 Å². The van der Waals surface area contributed by atoms with Gasteiger partial charge in [-0.05, 0) is 41.0 Å². The number of hydrogen-bond donors (Lipinski definition) is 2. The van der Waals surface area contributed by atoms with Crippen LogP contribution in [0.2, 0.25) is 0 Å². The third-order valence-corrected chi connectivity index (χ3v) is 4.11. The van der Waals surface area contributed by atoms with Gasteiger partial charge < -0.3 is 10.6 Å². The molecule has 0 spiro atoms. The number of nitriles is 1. The van der Waals surface area contributed by atoms with E-state index in [9.17, 15) is 5.26 Å². The number of rotatable bonds is 2. The zero-order chi connectivity index (χ0) is 12.3. The van der Waals surface area contributed by atoms with Crippen molar-refractivity contribution in [2.45, 2.75) is 18.9 Å². The third-order valence-electron chi connectivity index (χ3n) is 3.42. The molecule has 0 radical (unpaired) electrons. The number of nitrogens with zero attached hydrogens (tertiary/aromatic N) is 1. The number of halogens is 1. The largest absolute Gasteiger partial charge is 0.366 e. The summed E-state index contributed by atoms with van der Waals surface area (Å²) in [6.45, 7) is 3.87. The fourth-order valence-electron chi connectivity index (χ4n) is 2.21. The molecule has 1 fully saturated rings. The average molecular weight is 294 g/mol. The molecule has 2 rings (SSSR count). The normalized spacial score (nSPS) is 28.4. The molecule has 1 aromatic rings. The Balaban J connectivity index is 2.26. The molecule has 0 bridgehead atoms. The van der Waals surface area contributed by atoms with Gasteiger partial charge in [0.05, 0.1) is 6.07 Å². The predicted molar refractivity (Wildman–Crippen MR) is 72.8 cm³/mol. The summed E-state index contributed by atoms with van der Waals surface area (Å²) in [5.74, 6) is 0.286. The van der Waals surface area contributed by atoms with Crippen LogP contribution in [-0.2, 0) is 0 Å². The lowest BCUT2D eigenvalue weighted by molar-refractivity contribution is 0.304.